The van der Waals surface area contributed by atoms with Gasteiger partial charge in [-0.25, -0.2) is 4.98 Å². The summed E-state index contributed by atoms with van der Waals surface area (Å²) in [4.78, 5) is 28.7. The average molecular weight is 318 g/mol. The highest BCUT2D eigenvalue weighted by atomic mass is 35.5. The minimum Gasteiger partial charge on any atom is -0.466 e. The predicted molar refractivity (Wildman–Crippen MR) is 82.0 cm³/mol. The van der Waals surface area contributed by atoms with Crippen molar-refractivity contribution in [3.8, 4) is 5.75 Å². The van der Waals surface area contributed by atoms with Crippen LogP contribution in [0.25, 0.3) is 0 Å². The maximum absolute atomic E-state index is 12.4. The van der Waals surface area contributed by atoms with Gasteiger partial charge in [0.25, 0.3) is 17.4 Å². The fourth-order valence-corrected chi connectivity index (χ4v) is 2.19. The molecule has 2 amide bonds. The number of carbonyl (C=O) groups is 2. The molecular weight excluding hydrogens is 306 g/mol. The van der Waals surface area contributed by atoms with Crippen LogP contribution in [0.4, 0.5) is 11.5 Å². The lowest BCUT2D eigenvalue weighted by atomic mass is 10.0. The van der Waals surface area contributed by atoms with Gasteiger partial charge in [-0.15, -0.1) is 0 Å². The molecule has 112 valence electrons. The zero-order chi connectivity index (χ0) is 15.7. The SMILES string of the molecule is CC1(C(=O)Nc2ccccn2)Oc2ccc(Cl)cc2NC1=O. The van der Waals surface area contributed by atoms with Gasteiger partial charge >= 0.3 is 0 Å². The van der Waals surface area contributed by atoms with Gasteiger partial charge < -0.3 is 15.4 Å². The van der Waals surface area contributed by atoms with E-state index in [0.29, 0.717) is 22.3 Å². The molecule has 1 aromatic heterocycles. The molecule has 1 aromatic carbocycles. The summed E-state index contributed by atoms with van der Waals surface area (Å²) in [6, 6.07) is 9.85. The number of hydrogen-bond acceptors (Lipinski definition) is 4. The molecule has 0 saturated heterocycles. The summed E-state index contributed by atoms with van der Waals surface area (Å²) >= 11 is 5.87. The number of nitrogens with one attached hydrogen (secondary N) is 2. The van der Waals surface area contributed by atoms with Crippen LogP contribution in [-0.4, -0.2) is 22.4 Å². The molecule has 1 unspecified atom stereocenters. The van der Waals surface area contributed by atoms with Crippen LogP contribution in [0.3, 0.4) is 0 Å². The molecule has 0 bridgehead atoms. The Balaban J connectivity index is 1.88. The van der Waals surface area contributed by atoms with Crippen molar-refractivity contribution in [3.05, 3.63) is 47.6 Å². The van der Waals surface area contributed by atoms with E-state index in [4.69, 9.17) is 16.3 Å². The molecule has 3 rings (SSSR count). The molecule has 0 fully saturated rings. The topological polar surface area (TPSA) is 80.3 Å². The molecule has 1 atom stereocenters. The Morgan fingerprint density at radius 2 is 2.18 bits per heavy atom. The number of pyridine rings is 1. The second kappa shape index (κ2) is 5.31. The summed E-state index contributed by atoms with van der Waals surface area (Å²) in [6.45, 7) is 1.40. The highest BCUT2D eigenvalue weighted by molar-refractivity contribution is 6.31. The molecule has 1 aliphatic rings. The van der Waals surface area contributed by atoms with Crippen LogP contribution in [0.2, 0.25) is 5.02 Å². The van der Waals surface area contributed by atoms with Crippen molar-refractivity contribution in [2.45, 2.75) is 12.5 Å². The van der Waals surface area contributed by atoms with E-state index in [1.54, 1.807) is 36.4 Å². The average Bonchev–Trinajstić information content (AvgIpc) is 2.50. The number of benzene rings is 1. The van der Waals surface area contributed by atoms with E-state index < -0.39 is 17.4 Å². The normalized spacial score (nSPS) is 19.6. The molecule has 0 saturated carbocycles. The number of amides is 2. The van der Waals surface area contributed by atoms with Crippen molar-refractivity contribution in [2.24, 2.45) is 0 Å². The molecule has 22 heavy (non-hydrogen) atoms. The molecule has 2 aromatic rings. The first-order valence-corrected chi connectivity index (χ1v) is 6.89. The highest BCUT2D eigenvalue weighted by Crippen LogP contribution is 2.35. The minimum atomic E-state index is -1.70. The minimum absolute atomic E-state index is 0.340. The molecular formula is C15H12ClN3O3. The summed E-state index contributed by atoms with van der Waals surface area (Å²) in [5.41, 5.74) is -1.26. The zero-order valence-electron chi connectivity index (χ0n) is 11.6. The van der Waals surface area contributed by atoms with E-state index in [9.17, 15) is 9.59 Å². The van der Waals surface area contributed by atoms with Gasteiger partial charge in [0.05, 0.1) is 5.69 Å². The summed E-state index contributed by atoms with van der Waals surface area (Å²) in [7, 11) is 0. The number of fused-ring (bicyclic) bond motifs is 1. The summed E-state index contributed by atoms with van der Waals surface area (Å²) in [6.07, 6.45) is 1.54. The third-order valence-electron chi connectivity index (χ3n) is 3.28. The molecule has 2 heterocycles. The first kappa shape index (κ1) is 14.3. The van der Waals surface area contributed by atoms with E-state index in [2.05, 4.69) is 15.6 Å². The lowest BCUT2D eigenvalue weighted by molar-refractivity contribution is -0.143. The van der Waals surface area contributed by atoms with Crippen molar-refractivity contribution in [3.63, 3.8) is 0 Å². The molecule has 2 N–H and O–H groups in total. The maximum Gasteiger partial charge on any atom is 0.279 e. The third-order valence-corrected chi connectivity index (χ3v) is 3.51. The first-order chi connectivity index (χ1) is 10.5. The number of carbonyl (C=O) groups excluding carboxylic acids is 2. The van der Waals surface area contributed by atoms with Crippen molar-refractivity contribution >= 4 is 34.9 Å². The molecule has 1 aliphatic heterocycles. The van der Waals surface area contributed by atoms with Crippen molar-refractivity contribution in [2.75, 3.05) is 10.6 Å². The number of hydrogen-bond donors (Lipinski definition) is 2. The Morgan fingerprint density at radius 1 is 1.36 bits per heavy atom. The molecule has 0 aliphatic carbocycles. The van der Waals surface area contributed by atoms with Crippen molar-refractivity contribution < 1.29 is 14.3 Å². The molecule has 0 radical (unpaired) electrons. The number of anilines is 2. The van der Waals surface area contributed by atoms with Gasteiger partial charge in [-0.2, -0.15) is 0 Å². The summed E-state index contributed by atoms with van der Waals surface area (Å²) in [5, 5.41) is 5.65. The van der Waals surface area contributed by atoms with Crippen molar-refractivity contribution in [1.29, 1.82) is 0 Å². The van der Waals surface area contributed by atoms with Gasteiger partial charge in [0.2, 0.25) is 0 Å². The van der Waals surface area contributed by atoms with Crippen LogP contribution in [0, 0.1) is 0 Å². The second-order valence-electron chi connectivity index (χ2n) is 4.90. The Labute approximate surface area is 131 Å². The van der Waals surface area contributed by atoms with E-state index in [0.717, 1.165) is 0 Å². The fraction of sp³-hybridized carbons (Fsp3) is 0.133. The summed E-state index contributed by atoms with van der Waals surface area (Å²) in [5.74, 6) is -0.463. The monoisotopic (exact) mass is 317 g/mol. The quantitative estimate of drug-likeness (QED) is 0.834. The Hall–Kier alpha value is -2.60. The van der Waals surface area contributed by atoms with E-state index >= 15 is 0 Å². The van der Waals surface area contributed by atoms with E-state index in [1.807, 2.05) is 0 Å². The van der Waals surface area contributed by atoms with Gasteiger partial charge in [0.15, 0.2) is 0 Å². The molecule has 6 nitrogen and oxygen atoms in total. The largest absolute Gasteiger partial charge is 0.466 e. The van der Waals surface area contributed by atoms with Gasteiger partial charge in [0.1, 0.15) is 11.6 Å². The van der Waals surface area contributed by atoms with Crippen LogP contribution in [0.15, 0.2) is 42.6 Å². The standard InChI is InChI=1S/C15H12ClN3O3/c1-15(14(21)19-12-4-2-3-7-17-12)13(20)18-10-8-9(16)5-6-11(10)22-15/h2-8H,1H3,(H,18,20)(H,17,19,21). The lowest BCUT2D eigenvalue weighted by Gasteiger charge is -2.33. The molecule has 0 spiro atoms. The maximum atomic E-state index is 12.4. The summed E-state index contributed by atoms with van der Waals surface area (Å²) < 4.78 is 5.61. The van der Waals surface area contributed by atoms with Crippen LogP contribution < -0.4 is 15.4 Å². The van der Waals surface area contributed by atoms with Crippen LogP contribution in [0.1, 0.15) is 6.92 Å². The van der Waals surface area contributed by atoms with Crippen LogP contribution in [0.5, 0.6) is 5.75 Å². The Bertz CT molecular complexity index is 751. The number of ether oxygens (including phenoxy) is 1. The Morgan fingerprint density at radius 3 is 2.91 bits per heavy atom. The van der Waals surface area contributed by atoms with Gasteiger partial charge in [0, 0.05) is 11.2 Å². The van der Waals surface area contributed by atoms with Crippen LogP contribution >= 0.6 is 11.6 Å². The number of rotatable bonds is 2. The van der Waals surface area contributed by atoms with E-state index in [1.165, 1.54) is 13.1 Å². The first-order valence-electron chi connectivity index (χ1n) is 6.51. The zero-order valence-corrected chi connectivity index (χ0v) is 12.3. The predicted octanol–water partition coefficient (Wildman–Crippen LogP) is 2.46. The van der Waals surface area contributed by atoms with Gasteiger partial charge in [-0.3, -0.25) is 9.59 Å². The lowest BCUT2D eigenvalue weighted by Crippen LogP contribution is -2.56. The highest BCUT2D eigenvalue weighted by Gasteiger charge is 2.47. The second-order valence-corrected chi connectivity index (χ2v) is 5.34. The molecule has 7 heteroatoms. The van der Waals surface area contributed by atoms with Crippen LogP contribution in [-0.2, 0) is 9.59 Å². The Kier molecular flexibility index (Phi) is 3.46. The number of aromatic nitrogens is 1. The van der Waals surface area contributed by atoms with E-state index in [-0.39, 0.29) is 0 Å². The smallest absolute Gasteiger partial charge is 0.279 e. The fourth-order valence-electron chi connectivity index (χ4n) is 2.02. The van der Waals surface area contributed by atoms with Gasteiger partial charge in [-0.05, 0) is 37.3 Å². The van der Waals surface area contributed by atoms with Gasteiger partial charge in [-0.1, -0.05) is 17.7 Å². The number of halogens is 1. The third kappa shape index (κ3) is 2.48. The number of nitrogens with zero attached hydrogens (tertiary/aromatic N) is 1. The van der Waals surface area contributed by atoms with Crippen molar-refractivity contribution in [1.82, 2.24) is 4.98 Å².